The number of nitrogens with zero attached hydrogens (tertiary/aromatic N) is 1. The lowest BCUT2D eigenvalue weighted by Crippen LogP contribution is -2.42. The van der Waals surface area contributed by atoms with Gasteiger partial charge < -0.3 is 19.8 Å². The van der Waals surface area contributed by atoms with Crippen LogP contribution in [0.25, 0.3) is 0 Å². The summed E-state index contributed by atoms with van der Waals surface area (Å²) in [5, 5.41) is 18.9. The predicted molar refractivity (Wildman–Crippen MR) is 153 cm³/mol. The number of ether oxygens (including phenoxy) is 1. The Hall–Kier alpha value is -2.71. The lowest BCUT2D eigenvalue weighted by Gasteiger charge is -2.30. The zero-order chi connectivity index (χ0) is 30.0. The third kappa shape index (κ3) is 10.3. The number of aryl methyl sites for hydroxylation is 1. The number of carboxylic acid groups (broad SMARTS) is 2. The minimum absolute atomic E-state index is 0.0445. The molecule has 3 rings (SSSR count). The molecule has 1 saturated heterocycles. The Labute approximate surface area is 242 Å². The van der Waals surface area contributed by atoms with Crippen molar-refractivity contribution in [1.82, 2.24) is 4.90 Å². The number of rotatable bonds is 15. The average molecular weight is 594 g/mol. The number of carboxylic acids is 2. The van der Waals surface area contributed by atoms with E-state index in [9.17, 15) is 28.8 Å². The summed E-state index contributed by atoms with van der Waals surface area (Å²) in [6.45, 7) is 3.67. The number of likely N-dealkylation sites (tertiary alicyclic amines) is 1. The van der Waals surface area contributed by atoms with E-state index in [4.69, 9.17) is 14.4 Å². The number of hydrogen-bond donors (Lipinski definition) is 2. The second-order valence-corrected chi connectivity index (χ2v) is 14.3. The average Bonchev–Trinajstić information content (AvgIpc) is 3.38. The van der Waals surface area contributed by atoms with Crippen LogP contribution in [-0.4, -0.2) is 70.1 Å². The van der Waals surface area contributed by atoms with Crippen LogP contribution in [0.15, 0.2) is 30.3 Å². The van der Waals surface area contributed by atoms with E-state index in [0.29, 0.717) is 31.7 Å². The maximum Gasteiger partial charge on any atom is 0.326 e. The van der Waals surface area contributed by atoms with E-state index in [-0.39, 0.29) is 12.1 Å². The standard InChI is InChI=1S/C30H44NO9P/c1-21(2)30(39-28(35)18-27(33)34)40-41(38,16-10-9-13-22-11-5-3-6-12-22)20-26(32)31-19-24(17-25(31)29(36)37)23-14-7-4-8-15-23/h3,5-6,11-12,21,23-25,30H,4,7-10,13-20H2,1-2H3,(H,33,34)(H,36,37)/t24-,25+,30?,41?/m1/s1. The van der Waals surface area contributed by atoms with Crippen molar-refractivity contribution >= 4 is 31.2 Å². The van der Waals surface area contributed by atoms with Gasteiger partial charge in [0.2, 0.25) is 19.6 Å². The van der Waals surface area contributed by atoms with E-state index >= 15 is 0 Å². The minimum Gasteiger partial charge on any atom is -0.481 e. The molecule has 2 unspecified atom stereocenters. The summed E-state index contributed by atoms with van der Waals surface area (Å²) in [6, 6.07) is 8.83. The van der Waals surface area contributed by atoms with Gasteiger partial charge in [0, 0.05) is 18.6 Å². The molecule has 1 aliphatic carbocycles. The van der Waals surface area contributed by atoms with Gasteiger partial charge in [-0.3, -0.25) is 23.5 Å². The van der Waals surface area contributed by atoms with Crippen LogP contribution >= 0.6 is 7.37 Å². The van der Waals surface area contributed by atoms with Gasteiger partial charge in [0.05, 0.1) is 0 Å². The Morgan fingerprint density at radius 2 is 1.68 bits per heavy atom. The van der Waals surface area contributed by atoms with Crippen molar-refractivity contribution < 1.29 is 43.2 Å². The molecule has 4 atom stereocenters. The number of benzene rings is 1. The lowest BCUT2D eigenvalue weighted by atomic mass is 9.79. The number of unbranched alkanes of at least 4 members (excludes halogenated alkanes) is 1. The summed E-state index contributed by atoms with van der Waals surface area (Å²) in [6.07, 6.45) is 5.09. The van der Waals surface area contributed by atoms with E-state index < -0.39 is 62.0 Å². The molecule has 0 aromatic heterocycles. The fraction of sp³-hybridized carbons (Fsp3) is 0.667. The quantitative estimate of drug-likeness (QED) is 0.0922. The number of hydrogen-bond acceptors (Lipinski definition) is 7. The van der Waals surface area contributed by atoms with Crippen LogP contribution in [0.5, 0.6) is 0 Å². The largest absolute Gasteiger partial charge is 0.481 e. The molecule has 1 aromatic carbocycles. The van der Waals surface area contributed by atoms with Crippen molar-refractivity contribution in [2.75, 3.05) is 18.9 Å². The molecular weight excluding hydrogens is 549 g/mol. The highest BCUT2D eigenvalue weighted by atomic mass is 31.2. The monoisotopic (exact) mass is 593 g/mol. The van der Waals surface area contributed by atoms with Crippen LogP contribution in [0.3, 0.4) is 0 Å². The van der Waals surface area contributed by atoms with Crippen LogP contribution in [0.4, 0.5) is 0 Å². The topological polar surface area (TPSA) is 148 Å². The van der Waals surface area contributed by atoms with Gasteiger partial charge >= 0.3 is 17.9 Å². The fourth-order valence-electron chi connectivity index (χ4n) is 5.88. The molecule has 0 spiro atoms. The molecule has 2 fully saturated rings. The Balaban J connectivity index is 1.74. The van der Waals surface area contributed by atoms with Gasteiger partial charge in [0.1, 0.15) is 18.6 Å². The second-order valence-electron chi connectivity index (χ2n) is 11.7. The van der Waals surface area contributed by atoms with Gasteiger partial charge in [-0.1, -0.05) is 76.3 Å². The Kier molecular flexibility index (Phi) is 12.4. The summed E-state index contributed by atoms with van der Waals surface area (Å²) < 4.78 is 25.4. The normalized spacial score (nSPS) is 21.8. The summed E-state index contributed by atoms with van der Waals surface area (Å²) in [7, 11) is -3.77. The van der Waals surface area contributed by atoms with Crippen molar-refractivity contribution in [3.05, 3.63) is 35.9 Å². The molecule has 1 amide bonds. The number of esters is 1. The van der Waals surface area contributed by atoms with Crippen LogP contribution in [0.1, 0.15) is 77.2 Å². The fourth-order valence-corrected chi connectivity index (χ4v) is 8.18. The highest BCUT2D eigenvalue weighted by Gasteiger charge is 2.44. The van der Waals surface area contributed by atoms with Crippen molar-refractivity contribution in [3.63, 3.8) is 0 Å². The van der Waals surface area contributed by atoms with E-state index in [1.165, 1.54) is 11.3 Å². The molecule has 11 heteroatoms. The predicted octanol–water partition coefficient (Wildman–Crippen LogP) is 5.19. The molecule has 2 aliphatic rings. The third-order valence-electron chi connectivity index (χ3n) is 8.07. The summed E-state index contributed by atoms with van der Waals surface area (Å²) >= 11 is 0. The first-order valence-electron chi connectivity index (χ1n) is 14.7. The molecule has 1 heterocycles. The summed E-state index contributed by atoms with van der Waals surface area (Å²) in [5.41, 5.74) is 1.12. The molecule has 10 nitrogen and oxygen atoms in total. The van der Waals surface area contributed by atoms with Crippen molar-refractivity contribution in [2.24, 2.45) is 17.8 Å². The SMILES string of the molecule is CC(C)C(OC(=O)CC(=O)O)OP(=O)(CCCCc1ccccc1)CC(=O)N1C[C@H](C2CCCCC2)C[C@H]1C(=O)O. The molecule has 1 aromatic rings. The van der Waals surface area contributed by atoms with Crippen LogP contribution in [-0.2, 0) is 39.4 Å². The van der Waals surface area contributed by atoms with E-state index in [0.717, 1.165) is 37.7 Å². The highest BCUT2D eigenvalue weighted by molar-refractivity contribution is 7.59. The number of carbonyl (C=O) groups excluding carboxylic acids is 2. The van der Waals surface area contributed by atoms with Gasteiger partial charge in [-0.05, 0) is 43.1 Å². The van der Waals surface area contributed by atoms with E-state index in [1.54, 1.807) is 13.8 Å². The maximum absolute atomic E-state index is 14.2. The molecule has 228 valence electrons. The lowest BCUT2D eigenvalue weighted by molar-refractivity contribution is -0.172. The second kappa shape index (κ2) is 15.5. The Morgan fingerprint density at radius 1 is 1.00 bits per heavy atom. The first-order valence-corrected chi connectivity index (χ1v) is 16.7. The molecular formula is C30H44NO9P. The third-order valence-corrected chi connectivity index (χ3v) is 10.4. The molecule has 2 N–H and O–H groups in total. The molecule has 0 bridgehead atoms. The zero-order valence-electron chi connectivity index (χ0n) is 24.1. The zero-order valence-corrected chi connectivity index (χ0v) is 25.0. The molecule has 41 heavy (non-hydrogen) atoms. The van der Waals surface area contributed by atoms with Gasteiger partial charge in [-0.25, -0.2) is 4.79 Å². The van der Waals surface area contributed by atoms with Gasteiger partial charge in [-0.15, -0.1) is 0 Å². The maximum atomic E-state index is 14.2. The van der Waals surface area contributed by atoms with Gasteiger partial charge in [0.25, 0.3) is 0 Å². The molecule has 1 saturated carbocycles. The van der Waals surface area contributed by atoms with Gasteiger partial charge in [-0.2, -0.15) is 0 Å². The van der Waals surface area contributed by atoms with E-state index in [2.05, 4.69) is 0 Å². The van der Waals surface area contributed by atoms with Crippen molar-refractivity contribution in [2.45, 2.75) is 90.4 Å². The highest BCUT2D eigenvalue weighted by Crippen LogP contribution is 2.51. The first-order chi connectivity index (χ1) is 19.5. The first kappa shape index (κ1) is 32.8. The minimum atomic E-state index is -3.77. The van der Waals surface area contributed by atoms with Crippen LogP contribution in [0, 0.1) is 17.8 Å². The summed E-state index contributed by atoms with van der Waals surface area (Å²) in [5.74, 6) is -4.00. The number of amides is 1. The van der Waals surface area contributed by atoms with Crippen molar-refractivity contribution in [1.29, 1.82) is 0 Å². The van der Waals surface area contributed by atoms with Gasteiger partial charge in [0.15, 0.2) is 0 Å². The van der Waals surface area contributed by atoms with E-state index in [1.807, 2.05) is 30.3 Å². The smallest absolute Gasteiger partial charge is 0.326 e. The van der Waals surface area contributed by atoms with Crippen molar-refractivity contribution in [3.8, 4) is 0 Å². The summed E-state index contributed by atoms with van der Waals surface area (Å²) in [4.78, 5) is 50.1. The Bertz CT molecular complexity index is 1090. The van der Waals surface area contributed by atoms with Crippen LogP contribution < -0.4 is 0 Å². The van der Waals surface area contributed by atoms with Crippen LogP contribution in [0.2, 0.25) is 0 Å². The molecule has 0 radical (unpaired) electrons. The Morgan fingerprint density at radius 3 is 2.29 bits per heavy atom. The number of carbonyl (C=O) groups is 4. The number of aliphatic carboxylic acids is 2. The molecule has 1 aliphatic heterocycles.